The summed E-state index contributed by atoms with van der Waals surface area (Å²) in [5, 5.41) is 8.19. The van der Waals surface area contributed by atoms with Gasteiger partial charge in [-0.05, 0) is 26.7 Å². The van der Waals surface area contributed by atoms with Crippen LogP contribution in [-0.4, -0.2) is 34.0 Å². The van der Waals surface area contributed by atoms with Gasteiger partial charge >= 0.3 is 0 Å². The van der Waals surface area contributed by atoms with Crippen molar-refractivity contribution in [1.82, 2.24) is 15.0 Å². The molecule has 1 atom stereocenters. The number of rotatable bonds is 5. The van der Waals surface area contributed by atoms with E-state index in [4.69, 9.17) is 4.52 Å². The van der Waals surface area contributed by atoms with Gasteiger partial charge in [-0.3, -0.25) is 4.79 Å². The standard InChI is InChI=1S/C17H24N4O2S/c1-5-18-17-19-11(4)15(24-17)16(22)21-8-6-7-13(21)12-9-14(10(2)3)23-20-12/h9-10,13H,5-8H2,1-4H3,(H,18,19)/t13-/m1/s1. The summed E-state index contributed by atoms with van der Waals surface area (Å²) < 4.78 is 5.42. The Morgan fingerprint density at radius 1 is 1.54 bits per heavy atom. The molecule has 24 heavy (non-hydrogen) atoms. The van der Waals surface area contributed by atoms with Crippen molar-refractivity contribution in [3.8, 4) is 0 Å². The quantitative estimate of drug-likeness (QED) is 0.885. The highest BCUT2D eigenvalue weighted by Gasteiger charge is 2.34. The fourth-order valence-corrected chi connectivity index (χ4v) is 3.99. The molecule has 1 aliphatic rings. The van der Waals surface area contributed by atoms with E-state index >= 15 is 0 Å². The SMILES string of the molecule is CCNc1nc(C)c(C(=O)N2CCC[C@@H]2c2cc(C(C)C)on2)s1. The predicted octanol–water partition coefficient (Wildman–Crippen LogP) is 3.97. The summed E-state index contributed by atoms with van der Waals surface area (Å²) in [4.78, 5) is 20.1. The zero-order valence-electron chi connectivity index (χ0n) is 14.6. The number of thiazole rings is 1. The largest absolute Gasteiger partial charge is 0.362 e. The molecule has 0 spiro atoms. The first kappa shape index (κ1) is 17.0. The number of nitrogens with zero attached hydrogens (tertiary/aromatic N) is 3. The third-order valence-corrected chi connectivity index (χ3v) is 5.39. The van der Waals surface area contributed by atoms with Crippen LogP contribution < -0.4 is 5.32 Å². The van der Waals surface area contributed by atoms with E-state index in [-0.39, 0.29) is 11.9 Å². The van der Waals surface area contributed by atoms with Gasteiger partial charge in [-0.2, -0.15) is 0 Å². The van der Waals surface area contributed by atoms with Crippen LogP contribution in [0.2, 0.25) is 0 Å². The summed E-state index contributed by atoms with van der Waals surface area (Å²) in [6.07, 6.45) is 1.91. The summed E-state index contributed by atoms with van der Waals surface area (Å²) in [6.45, 7) is 9.61. The average Bonchev–Trinajstić information content (AvgIpc) is 3.25. The van der Waals surface area contributed by atoms with Crippen molar-refractivity contribution < 1.29 is 9.32 Å². The topological polar surface area (TPSA) is 71.3 Å². The molecule has 1 fully saturated rings. The molecule has 7 heteroatoms. The second kappa shape index (κ2) is 6.93. The van der Waals surface area contributed by atoms with Gasteiger partial charge in [-0.15, -0.1) is 0 Å². The van der Waals surface area contributed by atoms with Crippen LogP contribution >= 0.6 is 11.3 Å². The van der Waals surface area contributed by atoms with E-state index in [9.17, 15) is 4.79 Å². The zero-order chi connectivity index (χ0) is 17.3. The van der Waals surface area contributed by atoms with Gasteiger partial charge in [-0.1, -0.05) is 30.3 Å². The van der Waals surface area contributed by atoms with Gasteiger partial charge in [0.05, 0.1) is 11.7 Å². The maximum atomic E-state index is 13.0. The smallest absolute Gasteiger partial charge is 0.266 e. The molecule has 1 N–H and O–H groups in total. The second-order valence-corrected chi connectivity index (χ2v) is 7.43. The van der Waals surface area contributed by atoms with Gasteiger partial charge in [0.1, 0.15) is 16.3 Å². The molecule has 1 saturated heterocycles. The Morgan fingerprint density at radius 2 is 2.33 bits per heavy atom. The van der Waals surface area contributed by atoms with Crippen molar-refractivity contribution in [2.75, 3.05) is 18.4 Å². The van der Waals surface area contributed by atoms with Crippen molar-refractivity contribution in [2.45, 2.75) is 52.5 Å². The maximum absolute atomic E-state index is 13.0. The van der Waals surface area contributed by atoms with Crippen LogP contribution in [0.5, 0.6) is 0 Å². The van der Waals surface area contributed by atoms with Crippen LogP contribution in [-0.2, 0) is 0 Å². The van der Waals surface area contributed by atoms with Crippen LogP contribution in [0, 0.1) is 6.92 Å². The Morgan fingerprint density at radius 3 is 3.00 bits per heavy atom. The van der Waals surface area contributed by atoms with Gasteiger partial charge in [0.15, 0.2) is 5.13 Å². The number of aromatic nitrogens is 2. The van der Waals surface area contributed by atoms with Gasteiger partial charge in [0, 0.05) is 25.1 Å². The minimum atomic E-state index is -0.00201. The molecular weight excluding hydrogens is 324 g/mol. The first-order valence-corrected chi connectivity index (χ1v) is 9.31. The highest BCUT2D eigenvalue weighted by molar-refractivity contribution is 7.17. The Labute approximate surface area is 146 Å². The maximum Gasteiger partial charge on any atom is 0.266 e. The lowest BCUT2D eigenvalue weighted by Gasteiger charge is -2.22. The van der Waals surface area contributed by atoms with Gasteiger partial charge < -0.3 is 14.7 Å². The van der Waals surface area contributed by atoms with E-state index < -0.39 is 0 Å². The molecule has 2 aromatic heterocycles. The van der Waals surface area contributed by atoms with E-state index in [1.54, 1.807) is 0 Å². The van der Waals surface area contributed by atoms with E-state index in [1.807, 2.05) is 24.8 Å². The molecule has 6 nitrogen and oxygen atoms in total. The van der Waals surface area contributed by atoms with Crippen molar-refractivity contribution in [3.63, 3.8) is 0 Å². The number of hydrogen-bond acceptors (Lipinski definition) is 6. The molecule has 1 aliphatic heterocycles. The Hall–Kier alpha value is -1.89. The number of aryl methyl sites for hydroxylation is 1. The summed E-state index contributed by atoms with van der Waals surface area (Å²) in [5.41, 5.74) is 1.65. The normalized spacial score (nSPS) is 17.7. The number of carbonyl (C=O) groups excluding carboxylic acids is 1. The average molecular weight is 348 g/mol. The van der Waals surface area contributed by atoms with Crippen LogP contribution in [0.3, 0.4) is 0 Å². The molecular formula is C17H24N4O2S. The summed E-state index contributed by atoms with van der Waals surface area (Å²) in [7, 11) is 0. The highest BCUT2D eigenvalue weighted by Crippen LogP contribution is 2.35. The van der Waals surface area contributed by atoms with Crippen LogP contribution in [0.25, 0.3) is 0 Å². The number of anilines is 1. The molecule has 2 aromatic rings. The summed E-state index contributed by atoms with van der Waals surface area (Å²) >= 11 is 1.43. The number of likely N-dealkylation sites (tertiary alicyclic amines) is 1. The number of carbonyl (C=O) groups is 1. The van der Waals surface area contributed by atoms with Crippen LogP contribution in [0.15, 0.2) is 10.6 Å². The monoisotopic (exact) mass is 348 g/mol. The lowest BCUT2D eigenvalue weighted by atomic mass is 10.1. The fraction of sp³-hybridized carbons (Fsp3) is 0.588. The van der Waals surface area contributed by atoms with Crippen molar-refractivity contribution in [3.05, 3.63) is 28.1 Å². The lowest BCUT2D eigenvalue weighted by molar-refractivity contribution is 0.0734. The van der Waals surface area contributed by atoms with E-state index in [0.717, 1.165) is 48.2 Å². The van der Waals surface area contributed by atoms with Gasteiger partial charge in [-0.25, -0.2) is 4.98 Å². The van der Waals surface area contributed by atoms with Gasteiger partial charge in [0.25, 0.3) is 5.91 Å². The highest BCUT2D eigenvalue weighted by atomic mass is 32.1. The first-order chi connectivity index (χ1) is 11.5. The predicted molar refractivity (Wildman–Crippen MR) is 94.6 cm³/mol. The van der Waals surface area contributed by atoms with E-state index in [2.05, 4.69) is 29.3 Å². The van der Waals surface area contributed by atoms with E-state index in [1.165, 1.54) is 11.3 Å². The molecule has 0 radical (unpaired) electrons. The fourth-order valence-electron chi connectivity index (χ4n) is 3.00. The number of amides is 1. The molecule has 130 valence electrons. The van der Waals surface area contributed by atoms with Gasteiger partial charge in [0.2, 0.25) is 0 Å². The van der Waals surface area contributed by atoms with Crippen LogP contribution in [0.4, 0.5) is 5.13 Å². The van der Waals surface area contributed by atoms with E-state index in [0.29, 0.717) is 10.8 Å². The Balaban J connectivity index is 1.83. The molecule has 0 aliphatic carbocycles. The summed E-state index contributed by atoms with van der Waals surface area (Å²) in [5.74, 6) is 1.21. The Bertz CT molecular complexity index is 722. The lowest BCUT2D eigenvalue weighted by Crippen LogP contribution is -2.30. The number of nitrogens with one attached hydrogen (secondary N) is 1. The molecule has 1 amide bonds. The van der Waals surface area contributed by atoms with Crippen molar-refractivity contribution in [2.24, 2.45) is 0 Å². The zero-order valence-corrected chi connectivity index (χ0v) is 15.4. The summed E-state index contributed by atoms with van der Waals surface area (Å²) in [6, 6.07) is 1.99. The Kier molecular flexibility index (Phi) is 4.89. The van der Waals surface area contributed by atoms with Crippen molar-refractivity contribution >= 4 is 22.4 Å². The molecule has 0 saturated carbocycles. The second-order valence-electron chi connectivity index (χ2n) is 6.43. The molecule has 3 heterocycles. The van der Waals surface area contributed by atoms with Crippen molar-refractivity contribution in [1.29, 1.82) is 0 Å². The minimum absolute atomic E-state index is 0.00201. The molecule has 3 rings (SSSR count). The third kappa shape index (κ3) is 3.17. The molecule has 0 bridgehead atoms. The third-order valence-electron chi connectivity index (χ3n) is 4.29. The number of hydrogen-bond donors (Lipinski definition) is 1. The minimum Gasteiger partial charge on any atom is -0.362 e. The molecule has 0 aromatic carbocycles. The first-order valence-electron chi connectivity index (χ1n) is 8.50. The molecule has 0 unspecified atom stereocenters. The van der Waals surface area contributed by atoms with Crippen LogP contribution in [0.1, 0.15) is 72.4 Å².